The minimum absolute atomic E-state index is 0.0248. The third-order valence-electron chi connectivity index (χ3n) is 1.76. The molecule has 1 aromatic rings. The van der Waals surface area contributed by atoms with Gasteiger partial charge in [-0.05, 0) is 0 Å². The summed E-state index contributed by atoms with van der Waals surface area (Å²) in [5.74, 6) is -0.668. The van der Waals surface area contributed by atoms with Crippen molar-refractivity contribution < 1.29 is 22.7 Å². The summed E-state index contributed by atoms with van der Waals surface area (Å²) in [6.07, 6.45) is -3.79. The van der Waals surface area contributed by atoms with Crippen LogP contribution in [0.4, 0.5) is 18.9 Å². The average molecular weight is 235 g/mol. The van der Waals surface area contributed by atoms with Crippen molar-refractivity contribution in [1.29, 1.82) is 0 Å². The molecule has 0 aliphatic rings. The molecular formula is C8H8F3N3O2. The molecule has 0 amide bonds. The molecule has 0 spiro atoms. The zero-order valence-corrected chi connectivity index (χ0v) is 7.91. The number of hydrogen-bond donors (Lipinski definition) is 2. The number of pyridine rings is 1. The van der Waals surface area contributed by atoms with Gasteiger partial charge in [-0.2, -0.15) is 0 Å². The Balaban J connectivity index is 3.19. The number of nitrogens with zero attached hydrogens (tertiary/aromatic N) is 1. The lowest BCUT2D eigenvalue weighted by molar-refractivity contribution is -0.274. The summed E-state index contributed by atoms with van der Waals surface area (Å²) in [5, 5.41) is 0. The van der Waals surface area contributed by atoms with Crippen LogP contribution in [0.1, 0.15) is 16.1 Å². The number of halogens is 3. The van der Waals surface area contributed by atoms with Crippen molar-refractivity contribution in [2.75, 3.05) is 5.73 Å². The predicted molar refractivity (Wildman–Crippen MR) is 48.6 cm³/mol. The van der Waals surface area contributed by atoms with E-state index in [9.17, 15) is 18.0 Å². The first-order chi connectivity index (χ1) is 7.39. The number of aromatic nitrogens is 1. The van der Waals surface area contributed by atoms with Gasteiger partial charge in [0, 0.05) is 12.1 Å². The number of carbonyl (C=O) groups excluding carboxylic acids is 1. The molecule has 0 bridgehead atoms. The molecule has 16 heavy (non-hydrogen) atoms. The monoisotopic (exact) mass is 235 g/mol. The Kier molecular flexibility index (Phi) is 3.33. The van der Waals surface area contributed by atoms with Crippen LogP contribution in [0.25, 0.3) is 0 Å². The third kappa shape index (κ3) is 2.60. The lowest BCUT2D eigenvalue weighted by Crippen LogP contribution is -2.19. The minimum atomic E-state index is -4.87. The van der Waals surface area contributed by atoms with E-state index in [4.69, 9.17) is 11.5 Å². The van der Waals surface area contributed by atoms with Crippen molar-refractivity contribution >= 4 is 12.0 Å². The molecule has 0 aliphatic carbocycles. The fraction of sp³-hybridized carbons (Fsp3) is 0.250. The van der Waals surface area contributed by atoms with Gasteiger partial charge in [-0.1, -0.05) is 0 Å². The van der Waals surface area contributed by atoms with E-state index in [2.05, 4.69) is 9.72 Å². The van der Waals surface area contributed by atoms with Crippen molar-refractivity contribution in [3.8, 4) is 5.75 Å². The van der Waals surface area contributed by atoms with E-state index >= 15 is 0 Å². The minimum Gasteiger partial charge on any atom is -0.402 e. The van der Waals surface area contributed by atoms with Crippen molar-refractivity contribution in [3.05, 3.63) is 17.5 Å². The Morgan fingerprint density at radius 2 is 2.12 bits per heavy atom. The summed E-state index contributed by atoms with van der Waals surface area (Å²) in [6.45, 7) is -0.206. The summed E-state index contributed by atoms with van der Waals surface area (Å²) in [7, 11) is 0. The van der Waals surface area contributed by atoms with Gasteiger partial charge in [-0.3, -0.25) is 4.79 Å². The van der Waals surface area contributed by atoms with Crippen LogP contribution in [0.15, 0.2) is 6.20 Å². The zero-order valence-electron chi connectivity index (χ0n) is 7.91. The molecule has 1 rings (SSSR count). The van der Waals surface area contributed by atoms with Crippen molar-refractivity contribution in [2.24, 2.45) is 5.73 Å². The second kappa shape index (κ2) is 4.35. The summed E-state index contributed by atoms with van der Waals surface area (Å²) < 4.78 is 39.4. The van der Waals surface area contributed by atoms with Gasteiger partial charge in [0.15, 0.2) is 12.0 Å². The number of aldehydes is 1. The van der Waals surface area contributed by atoms with Crippen LogP contribution in [-0.4, -0.2) is 17.6 Å². The highest BCUT2D eigenvalue weighted by Gasteiger charge is 2.32. The fourth-order valence-electron chi connectivity index (χ4n) is 1.08. The smallest absolute Gasteiger partial charge is 0.402 e. The van der Waals surface area contributed by atoms with Crippen molar-refractivity contribution in [1.82, 2.24) is 4.98 Å². The van der Waals surface area contributed by atoms with Gasteiger partial charge in [0.1, 0.15) is 5.69 Å². The number of hydrogen-bond acceptors (Lipinski definition) is 5. The van der Waals surface area contributed by atoms with Gasteiger partial charge in [0.05, 0.1) is 11.9 Å². The van der Waals surface area contributed by atoms with E-state index in [0.29, 0.717) is 6.29 Å². The molecule has 0 atom stereocenters. The van der Waals surface area contributed by atoms with Crippen LogP contribution >= 0.6 is 0 Å². The molecule has 0 fully saturated rings. The molecule has 8 heteroatoms. The van der Waals surface area contributed by atoms with E-state index in [0.717, 1.165) is 6.20 Å². The Morgan fingerprint density at radius 1 is 1.50 bits per heavy atom. The first kappa shape index (κ1) is 12.2. The largest absolute Gasteiger partial charge is 0.573 e. The number of anilines is 1. The average Bonchev–Trinajstić information content (AvgIpc) is 2.19. The van der Waals surface area contributed by atoms with Crippen LogP contribution in [0, 0.1) is 0 Å². The van der Waals surface area contributed by atoms with Crippen LogP contribution in [0.3, 0.4) is 0 Å². The van der Waals surface area contributed by atoms with Crippen LogP contribution < -0.4 is 16.2 Å². The lowest BCUT2D eigenvalue weighted by atomic mass is 10.1. The van der Waals surface area contributed by atoms with Crippen LogP contribution in [0.5, 0.6) is 5.75 Å². The first-order valence-corrected chi connectivity index (χ1v) is 4.07. The number of carbonyl (C=O) groups is 1. The van der Waals surface area contributed by atoms with Gasteiger partial charge in [-0.25, -0.2) is 4.98 Å². The maximum Gasteiger partial charge on any atom is 0.573 e. The van der Waals surface area contributed by atoms with Gasteiger partial charge in [0.25, 0.3) is 0 Å². The highest BCUT2D eigenvalue weighted by Crippen LogP contribution is 2.30. The summed E-state index contributed by atoms with van der Waals surface area (Å²) in [5.41, 5.74) is 10.2. The van der Waals surface area contributed by atoms with Gasteiger partial charge in [0.2, 0.25) is 0 Å². The maximum atomic E-state index is 11.9. The normalized spacial score (nSPS) is 11.2. The molecule has 5 nitrogen and oxygen atoms in total. The molecule has 0 radical (unpaired) electrons. The molecule has 0 saturated carbocycles. The predicted octanol–water partition coefficient (Wildman–Crippen LogP) is 0.834. The van der Waals surface area contributed by atoms with Gasteiger partial charge >= 0.3 is 6.36 Å². The van der Waals surface area contributed by atoms with Crippen molar-refractivity contribution in [3.63, 3.8) is 0 Å². The van der Waals surface area contributed by atoms with Gasteiger partial charge in [-0.15, -0.1) is 13.2 Å². The quantitative estimate of drug-likeness (QED) is 0.757. The second-order valence-corrected chi connectivity index (χ2v) is 2.77. The van der Waals surface area contributed by atoms with E-state index in [1.807, 2.05) is 0 Å². The number of alkyl halides is 3. The zero-order chi connectivity index (χ0) is 12.3. The first-order valence-electron chi connectivity index (χ1n) is 4.07. The Bertz CT molecular complexity index is 406. The molecule has 1 heterocycles. The van der Waals surface area contributed by atoms with Crippen LogP contribution in [-0.2, 0) is 6.54 Å². The molecule has 1 aromatic heterocycles. The summed E-state index contributed by atoms with van der Waals surface area (Å²) in [6, 6.07) is 0. The Hall–Kier alpha value is -1.83. The van der Waals surface area contributed by atoms with Gasteiger partial charge < -0.3 is 16.2 Å². The summed E-state index contributed by atoms with van der Waals surface area (Å²) in [4.78, 5) is 14.0. The second-order valence-electron chi connectivity index (χ2n) is 2.77. The van der Waals surface area contributed by atoms with E-state index < -0.39 is 12.1 Å². The highest BCUT2D eigenvalue weighted by molar-refractivity contribution is 5.79. The molecule has 0 aliphatic heterocycles. The maximum absolute atomic E-state index is 11.9. The summed E-state index contributed by atoms with van der Waals surface area (Å²) >= 11 is 0. The van der Waals surface area contributed by atoms with Crippen molar-refractivity contribution in [2.45, 2.75) is 12.9 Å². The highest BCUT2D eigenvalue weighted by atomic mass is 19.4. The number of nitrogens with two attached hydrogens (primary N) is 2. The Morgan fingerprint density at radius 3 is 2.56 bits per heavy atom. The molecule has 0 saturated heterocycles. The number of rotatable bonds is 3. The Labute approximate surface area is 88.2 Å². The molecular weight excluding hydrogens is 227 g/mol. The molecule has 88 valence electrons. The van der Waals surface area contributed by atoms with E-state index in [1.54, 1.807) is 0 Å². The SMILES string of the molecule is NCc1c(C=O)ncc(OC(F)(F)F)c1N. The molecule has 0 aromatic carbocycles. The van der Waals surface area contributed by atoms with Crippen LogP contribution in [0.2, 0.25) is 0 Å². The van der Waals surface area contributed by atoms with E-state index in [-0.39, 0.29) is 23.5 Å². The standard InChI is InChI=1S/C8H8F3N3O2/c9-8(10,11)16-6-2-14-5(3-15)4(1-12)7(6)13/h2-3H,1,12H2,(H2,13,14). The fourth-order valence-corrected chi connectivity index (χ4v) is 1.08. The number of nitrogen functional groups attached to an aromatic ring is 1. The lowest BCUT2D eigenvalue weighted by Gasteiger charge is -2.13. The third-order valence-corrected chi connectivity index (χ3v) is 1.76. The topological polar surface area (TPSA) is 91.2 Å². The number of ether oxygens (including phenoxy) is 1. The molecule has 0 unspecified atom stereocenters. The van der Waals surface area contributed by atoms with E-state index in [1.165, 1.54) is 0 Å². The molecule has 4 N–H and O–H groups in total.